The van der Waals surface area contributed by atoms with Crippen molar-refractivity contribution in [1.29, 1.82) is 0 Å². The Hall–Kier alpha value is -2.28. The van der Waals surface area contributed by atoms with Gasteiger partial charge in [-0.25, -0.2) is 4.39 Å². The molecule has 0 saturated carbocycles. The number of halogens is 1. The Morgan fingerprint density at radius 1 is 1.57 bits per heavy atom. The molecule has 2 heterocycles. The fourth-order valence-corrected chi connectivity index (χ4v) is 2.77. The number of hydrogen-bond donors (Lipinski definition) is 1. The zero-order valence-electron chi connectivity index (χ0n) is 11.5. The normalized spacial score (nSPS) is 19.0. The maximum atomic E-state index is 14.4. The van der Waals surface area contributed by atoms with E-state index in [4.69, 9.17) is 0 Å². The molecule has 7 heteroatoms. The molecule has 1 aromatic carbocycles. The summed E-state index contributed by atoms with van der Waals surface area (Å²) >= 11 is 0. The third-order valence-electron chi connectivity index (χ3n) is 3.68. The first-order valence-corrected chi connectivity index (χ1v) is 6.78. The number of piperazine rings is 1. The first kappa shape index (κ1) is 13.7. The van der Waals surface area contributed by atoms with Crippen molar-refractivity contribution in [1.82, 2.24) is 10.3 Å². The van der Waals surface area contributed by atoms with Crippen LogP contribution in [0.25, 0.3) is 10.9 Å². The summed E-state index contributed by atoms with van der Waals surface area (Å²) in [6.45, 7) is 4.04. The van der Waals surface area contributed by atoms with E-state index in [9.17, 15) is 14.5 Å². The van der Waals surface area contributed by atoms with Crippen molar-refractivity contribution in [3.63, 3.8) is 0 Å². The van der Waals surface area contributed by atoms with E-state index in [1.807, 2.05) is 11.8 Å². The van der Waals surface area contributed by atoms with E-state index in [1.165, 1.54) is 6.20 Å². The lowest BCUT2D eigenvalue weighted by Gasteiger charge is -2.34. The van der Waals surface area contributed by atoms with Gasteiger partial charge in [0.25, 0.3) is 5.69 Å². The fourth-order valence-electron chi connectivity index (χ4n) is 2.77. The summed E-state index contributed by atoms with van der Waals surface area (Å²) in [5.74, 6) is -0.595. The lowest BCUT2D eigenvalue weighted by atomic mass is 10.1. The third kappa shape index (κ3) is 2.40. The molecule has 110 valence electrons. The van der Waals surface area contributed by atoms with E-state index in [0.717, 1.165) is 12.6 Å². The number of nitro groups is 1. The number of rotatable bonds is 2. The Kier molecular flexibility index (Phi) is 3.42. The fraction of sp³-hybridized carbons (Fsp3) is 0.357. The predicted octanol–water partition coefficient (Wildman–Crippen LogP) is 2.08. The molecule has 1 unspecified atom stereocenters. The van der Waals surface area contributed by atoms with E-state index >= 15 is 0 Å². The quantitative estimate of drug-likeness (QED) is 0.677. The molecule has 3 rings (SSSR count). The molecule has 1 atom stereocenters. The van der Waals surface area contributed by atoms with Crippen LogP contribution < -0.4 is 10.2 Å². The van der Waals surface area contributed by atoms with Gasteiger partial charge in [-0.05, 0) is 19.1 Å². The van der Waals surface area contributed by atoms with Gasteiger partial charge in [0.15, 0.2) is 5.82 Å². The van der Waals surface area contributed by atoms with Crippen molar-refractivity contribution in [3.8, 4) is 0 Å². The van der Waals surface area contributed by atoms with Crippen molar-refractivity contribution in [3.05, 3.63) is 40.3 Å². The highest BCUT2D eigenvalue weighted by atomic mass is 19.1. The van der Waals surface area contributed by atoms with Crippen molar-refractivity contribution in [2.24, 2.45) is 0 Å². The van der Waals surface area contributed by atoms with Gasteiger partial charge in [0.05, 0.1) is 16.4 Å². The molecule has 1 aliphatic rings. The Labute approximate surface area is 120 Å². The summed E-state index contributed by atoms with van der Waals surface area (Å²) < 4.78 is 14.4. The summed E-state index contributed by atoms with van der Waals surface area (Å²) in [5.41, 5.74) is 0.449. The topological polar surface area (TPSA) is 71.3 Å². The van der Waals surface area contributed by atoms with E-state index in [1.54, 1.807) is 12.1 Å². The van der Waals surface area contributed by atoms with Crippen molar-refractivity contribution < 1.29 is 9.31 Å². The molecule has 21 heavy (non-hydrogen) atoms. The number of nitro benzene ring substituents is 1. The van der Waals surface area contributed by atoms with Crippen molar-refractivity contribution in [2.75, 3.05) is 24.5 Å². The molecule has 1 saturated heterocycles. The molecule has 6 nitrogen and oxygen atoms in total. The molecule has 2 aromatic rings. The number of nitrogens with one attached hydrogen (secondary N) is 1. The summed E-state index contributed by atoms with van der Waals surface area (Å²) in [7, 11) is 0. The summed E-state index contributed by atoms with van der Waals surface area (Å²) in [5, 5.41) is 14.7. The molecule has 0 amide bonds. The molecule has 1 aliphatic heterocycles. The maximum Gasteiger partial charge on any atom is 0.281 e. The number of hydrogen-bond acceptors (Lipinski definition) is 5. The molecule has 0 aliphatic carbocycles. The monoisotopic (exact) mass is 290 g/mol. The zero-order valence-corrected chi connectivity index (χ0v) is 11.5. The van der Waals surface area contributed by atoms with Gasteiger partial charge in [0.2, 0.25) is 0 Å². The molecule has 1 N–H and O–H groups in total. The number of nitrogens with zero attached hydrogens (tertiary/aromatic N) is 3. The lowest BCUT2D eigenvalue weighted by molar-refractivity contribution is -0.383. The molecular weight excluding hydrogens is 275 g/mol. The second kappa shape index (κ2) is 5.25. The van der Waals surface area contributed by atoms with Crippen LogP contribution in [0.15, 0.2) is 24.4 Å². The highest BCUT2D eigenvalue weighted by Gasteiger charge is 2.25. The minimum absolute atomic E-state index is 0.229. The molecule has 0 bridgehead atoms. The standard InChI is InChI=1S/C14H15FN4O2/c1-9-8-18(6-5-16-9)14-11(15)7-12(19(20)21)10-3-2-4-17-13(10)14/h2-4,7,9,16H,5-6,8H2,1H3. The van der Waals surface area contributed by atoms with Crippen molar-refractivity contribution >= 4 is 22.3 Å². The number of non-ortho nitro benzene ring substituents is 1. The number of benzene rings is 1. The Morgan fingerprint density at radius 3 is 3.10 bits per heavy atom. The highest BCUT2D eigenvalue weighted by Crippen LogP contribution is 2.35. The summed E-state index contributed by atoms with van der Waals surface area (Å²) in [6, 6.07) is 4.45. The second-order valence-corrected chi connectivity index (χ2v) is 5.18. The van der Waals surface area contributed by atoms with Crippen LogP contribution in [-0.2, 0) is 0 Å². The van der Waals surface area contributed by atoms with E-state index in [2.05, 4.69) is 10.3 Å². The average molecular weight is 290 g/mol. The maximum absolute atomic E-state index is 14.4. The summed E-state index contributed by atoms with van der Waals surface area (Å²) in [6.07, 6.45) is 1.53. The first-order valence-electron chi connectivity index (χ1n) is 6.78. The van der Waals surface area contributed by atoms with Crippen LogP contribution in [0.2, 0.25) is 0 Å². The first-order chi connectivity index (χ1) is 10.1. The van der Waals surface area contributed by atoms with E-state index in [0.29, 0.717) is 29.7 Å². The van der Waals surface area contributed by atoms with Gasteiger partial charge >= 0.3 is 0 Å². The molecule has 1 aromatic heterocycles. The van der Waals surface area contributed by atoms with E-state index < -0.39 is 10.7 Å². The van der Waals surface area contributed by atoms with Crippen molar-refractivity contribution in [2.45, 2.75) is 13.0 Å². The zero-order chi connectivity index (χ0) is 15.0. The minimum Gasteiger partial charge on any atom is -0.365 e. The Balaban J connectivity index is 2.21. The number of anilines is 1. The van der Waals surface area contributed by atoms with Crippen LogP contribution in [-0.4, -0.2) is 35.6 Å². The highest BCUT2D eigenvalue weighted by molar-refractivity contribution is 5.97. The minimum atomic E-state index is -0.595. The van der Waals surface area contributed by atoms with Crippen LogP contribution in [0.1, 0.15) is 6.92 Å². The van der Waals surface area contributed by atoms with Gasteiger partial charge in [0.1, 0.15) is 11.2 Å². The van der Waals surface area contributed by atoms with Crippen LogP contribution >= 0.6 is 0 Å². The SMILES string of the molecule is CC1CN(c2c(F)cc([N+](=O)[O-])c3cccnc23)CCN1. The smallest absolute Gasteiger partial charge is 0.281 e. The van der Waals surface area contributed by atoms with E-state index in [-0.39, 0.29) is 11.7 Å². The van der Waals surface area contributed by atoms with Gasteiger partial charge < -0.3 is 10.2 Å². The number of aromatic nitrogens is 1. The van der Waals surface area contributed by atoms with Gasteiger partial charge in [-0.3, -0.25) is 15.1 Å². The average Bonchev–Trinajstić information content (AvgIpc) is 2.46. The second-order valence-electron chi connectivity index (χ2n) is 5.18. The van der Waals surface area contributed by atoms with Crippen LogP contribution in [0.4, 0.5) is 15.8 Å². The Morgan fingerprint density at radius 2 is 2.38 bits per heavy atom. The van der Waals surface area contributed by atoms with Gasteiger partial charge in [-0.1, -0.05) is 0 Å². The molecule has 0 radical (unpaired) electrons. The Bertz CT molecular complexity index is 707. The largest absolute Gasteiger partial charge is 0.365 e. The predicted molar refractivity (Wildman–Crippen MR) is 78.0 cm³/mol. The van der Waals surface area contributed by atoms with Crippen LogP contribution in [0, 0.1) is 15.9 Å². The molecule has 0 spiro atoms. The third-order valence-corrected chi connectivity index (χ3v) is 3.68. The number of pyridine rings is 1. The summed E-state index contributed by atoms with van der Waals surface area (Å²) in [4.78, 5) is 16.6. The molecule has 1 fully saturated rings. The van der Waals surface area contributed by atoms with Crippen LogP contribution in [0.5, 0.6) is 0 Å². The van der Waals surface area contributed by atoms with Gasteiger partial charge in [-0.2, -0.15) is 0 Å². The van der Waals surface area contributed by atoms with Gasteiger partial charge in [-0.15, -0.1) is 0 Å². The van der Waals surface area contributed by atoms with Crippen LogP contribution in [0.3, 0.4) is 0 Å². The number of fused-ring (bicyclic) bond motifs is 1. The molecular formula is C14H15FN4O2. The lowest BCUT2D eigenvalue weighted by Crippen LogP contribution is -2.49. The van der Waals surface area contributed by atoms with Gasteiger partial charge in [0, 0.05) is 31.9 Å².